The number of ether oxygens (including phenoxy) is 1. The van der Waals surface area contributed by atoms with Gasteiger partial charge in [0.25, 0.3) is 5.91 Å². The van der Waals surface area contributed by atoms with Gasteiger partial charge < -0.3 is 15.4 Å². The Bertz CT molecular complexity index is 913. The van der Waals surface area contributed by atoms with E-state index in [4.69, 9.17) is 16.3 Å². The summed E-state index contributed by atoms with van der Waals surface area (Å²) in [6.07, 6.45) is 2.33. The van der Waals surface area contributed by atoms with E-state index >= 15 is 0 Å². The number of methoxy groups -OCH3 is 1. The summed E-state index contributed by atoms with van der Waals surface area (Å²) in [5.41, 5.74) is 2.50. The number of hydrogen-bond donors (Lipinski definition) is 2. The van der Waals surface area contributed by atoms with Gasteiger partial charge in [-0.05, 0) is 60.5 Å². The van der Waals surface area contributed by atoms with Crippen LogP contribution in [0.4, 0.5) is 11.5 Å². The molecule has 0 saturated heterocycles. The number of carbonyl (C=O) groups is 1. The molecule has 0 bridgehead atoms. The summed E-state index contributed by atoms with van der Waals surface area (Å²) >= 11 is 5.89. The van der Waals surface area contributed by atoms with E-state index in [1.807, 2.05) is 36.4 Å². The number of anilines is 2. The number of carbonyl (C=O) groups excluding carboxylic acids is 1. The summed E-state index contributed by atoms with van der Waals surface area (Å²) in [6.45, 7) is 0.536. The highest BCUT2D eigenvalue weighted by molar-refractivity contribution is 6.30. The lowest BCUT2D eigenvalue weighted by Gasteiger charge is -2.09. The minimum atomic E-state index is -0.139. The van der Waals surface area contributed by atoms with Crippen LogP contribution in [0.5, 0.6) is 5.75 Å². The fourth-order valence-corrected chi connectivity index (χ4v) is 2.70. The van der Waals surface area contributed by atoms with Crippen molar-refractivity contribution in [2.75, 3.05) is 19.0 Å². The Labute approximate surface area is 163 Å². The molecular formula is C21H20ClN3O2. The van der Waals surface area contributed by atoms with E-state index in [1.54, 1.807) is 37.6 Å². The second-order valence-electron chi connectivity index (χ2n) is 5.92. The molecule has 27 heavy (non-hydrogen) atoms. The van der Waals surface area contributed by atoms with Crippen molar-refractivity contribution in [2.24, 2.45) is 0 Å². The first kappa shape index (κ1) is 18.7. The highest BCUT2D eigenvalue weighted by Crippen LogP contribution is 2.18. The molecule has 1 heterocycles. The molecule has 0 atom stereocenters. The van der Waals surface area contributed by atoms with Crippen molar-refractivity contribution in [3.05, 3.63) is 83.0 Å². The van der Waals surface area contributed by atoms with Crippen LogP contribution < -0.4 is 15.4 Å². The van der Waals surface area contributed by atoms with Gasteiger partial charge >= 0.3 is 0 Å². The van der Waals surface area contributed by atoms with Crippen LogP contribution in [0.25, 0.3) is 0 Å². The van der Waals surface area contributed by atoms with Gasteiger partial charge in [0.15, 0.2) is 0 Å². The normalized spacial score (nSPS) is 10.3. The Balaban J connectivity index is 1.57. The maximum Gasteiger partial charge on any atom is 0.251 e. The molecule has 0 radical (unpaired) electrons. The number of rotatable bonds is 7. The summed E-state index contributed by atoms with van der Waals surface area (Å²) in [6, 6.07) is 18.5. The van der Waals surface area contributed by atoms with Gasteiger partial charge in [0.05, 0.1) is 7.11 Å². The van der Waals surface area contributed by atoms with Crippen LogP contribution in [0.1, 0.15) is 15.9 Å². The predicted molar refractivity (Wildman–Crippen MR) is 108 cm³/mol. The average molecular weight is 382 g/mol. The van der Waals surface area contributed by atoms with E-state index in [2.05, 4.69) is 15.6 Å². The van der Waals surface area contributed by atoms with E-state index in [-0.39, 0.29) is 5.91 Å². The first-order valence-corrected chi connectivity index (χ1v) is 8.91. The SMILES string of the molecule is COc1cccc(CCNC(=O)c2ccnc(Nc3ccc(Cl)cc3)c2)c1. The molecule has 0 unspecified atom stereocenters. The minimum Gasteiger partial charge on any atom is -0.497 e. The number of aromatic nitrogens is 1. The van der Waals surface area contributed by atoms with E-state index in [0.717, 1.165) is 23.4 Å². The second kappa shape index (κ2) is 9.05. The topological polar surface area (TPSA) is 63.2 Å². The number of nitrogens with zero attached hydrogens (tertiary/aromatic N) is 1. The molecule has 0 aliphatic heterocycles. The van der Waals surface area contributed by atoms with Gasteiger partial charge in [0.2, 0.25) is 0 Å². The van der Waals surface area contributed by atoms with Gasteiger partial charge in [-0.25, -0.2) is 4.98 Å². The predicted octanol–water partition coefficient (Wildman–Crippen LogP) is 4.46. The maximum atomic E-state index is 12.4. The quantitative estimate of drug-likeness (QED) is 0.634. The lowest BCUT2D eigenvalue weighted by atomic mass is 10.1. The van der Waals surface area contributed by atoms with Crippen molar-refractivity contribution in [1.29, 1.82) is 0 Å². The zero-order valence-electron chi connectivity index (χ0n) is 14.9. The van der Waals surface area contributed by atoms with Crippen molar-refractivity contribution in [3.63, 3.8) is 0 Å². The van der Waals surface area contributed by atoms with Crippen molar-refractivity contribution in [2.45, 2.75) is 6.42 Å². The molecule has 6 heteroatoms. The van der Waals surface area contributed by atoms with Crippen LogP contribution in [0, 0.1) is 0 Å². The molecular weight excluding hydrogens is 362 g/mol. The third-order valence-electron chi connectivity index (χ3n) is 3.97. The molecule has 2 aromatic carbocycles. The van der Waals surface area contributed by atoms with Crippen molar-refractivity contribution >= 4 is 29.0 Å². The highest BCUT2D eigenvalue weighted by Gasteiger charge is 2.07. The van der Waals surface area contributed by atoms with Gasteiger partial charge in [-0.2, -0.15) is 0 Å². The molecule has 0 saturated carbocycles. The Morgan fingerprint density at radius 2 is 1.93 bits per heavy atom. The third kappa shape index (κ3) is 5.46. The van der Waals surface area contributed by atoms with Crippen LogP contribution in [-0.4, -0.2) is 24.5 Å². The molecule has 1 aromatic heterocycles. The van der Waals surface area contributed by atoms with Crippen molar-refractivity contribution < 1.29 is 9.53 Å². The molecule has 0 fully saturated rings. The number of benzene rings is 2. The second-order valence-corrected chi connectivity index (χ2v) is 6.36. The lowest BCUT2D eigenvalue weighted by Crippen LogP contribution is -2.25. The fourth-order valence-electron chi connectivity index (χ4n) is 2.57. The number of amides is 1. The average Bonchev–Trinajstić information content (AvgIpc) is 2.70. The molecule has 0 aliphatic rings. The minimum absolute atomic E-state index is 0.139. The summed E-state index contributed by atoms with van der Waals surface area (Å²) in [5, 5.41) is 6.75. The fraction of sp³-hybridized carbons (Fsp3) is 0.143. The zero-order valence-corrected chi connectivity index (χ0v) is 15.7. The van der Waals surface area contributed by atoms with Crippen LogP contribution in [0.15, 0.2) is 66.9 Å². The molecule has 3 aromatic rings. The van der Waals surface area contributed by atoms with Gasteiger partial charge in [-0.3, -0.25) is 4.79 Å². The Kier molecular flexibility index (Phi) is 6.28. The summed E-state index contributed by atoms with van der Waals surface area (Å²) in [4.78, 5) is 16.6. The Morgan fingerprint density at radius 1 is 1.11 bits per heavy atom. The monoisotopic (exact) mass is 381 g/mol. The van der Waals surface area contributed by atoms with Crippen LogP contribution in [-0.2, 0) is 6.42 Å². The molecule has 0 spiro atoms. The van der Waals surface area contributed by atoms with E-state index < -0.39 is 0 Å². The zero-order chi connectivity index (χ0) is 19.1. The smallest absolute Gasteiger partial charge is 0.251 e. The molecule has 0 aliphatic carbocycles. The standard InChI is InChI=1S/C21H20ClN3O2/c1-27-19-4-2-3-15(13-19)9-11-24-21(26)16-10-12-23-20(14-16)25-18-7-5-17(22)6-8-18/h2-8,10,12-14H,9,11H2,1H3,(H,23,25)(H,24,26). The first-order chi connectivity index (χ1) is 13.1. The summed E-state index contributed by atoms with van der Waals surface area (Å²) < 4.78 is 5.21. The van der Waals surface area contributed by atoms with Gasteiger partial charge in [-0.1, -0.05) is 23.7 Å². The van der Waals surface area contributed by atoms with E-state index in [0.29, 0.717) is 22.9 Å². The largest absolute Gasteiger partial charge is 0.497 e. The number of hydrogen-bond acceptors (Lipinski definition) is 4. The molecule has 2 N–H and O–H groups in total. The van der Waals surface area contributed by atoms with Gasteiger partial charge in [0.1, 0.15) is 11.6 Å². The maximum absolute atomic E-state index is 12.4. The van der Waals surface area contributed by atoms with Crippen LogP contribution in [0.2, 0.25) is 5.02 Å². The van der Waals surface area contributed by atoms with E-state index in [1.165, 1.54) is 0 Å². The van der Waals surface area contributed by atoms with Crippen molar-refractivity contribution in [3.8, 4) is 5.75 Å². The van der Waals surface area contributed by atoms with Crippen LogP contribution in [0.3, 0.4) is 0 Å². The number of pyridine rings is 1. The lowest BCUT2D eigenvalue weighted by molar-refractivity contribution is 0.0954. The number of halogens is 1. The van der Waals surface area contributed by atoms with Crippen molar-refractivity contribution in [1.82, 2.24) is 10.3 Å². The Morgan fingerprint density at radius 3 is 2.70 bits per heavy atom. The van der Waals surface area contributed by atoms with E-state index in [9.17, 15) is 4.79 Å². The summed E-state index contributed by atoms with van der Waals surface area (Å²) in [7, 11) is 1.64. The van der Waals surface area contributed by atoms with Gasteiger partial charge in [-0.15, -0.1) is 0 Å². The molecule has 1 amide bonds. The Hall–Kier alpha value is -3.05. The highest BCUT2D eigenvalue weighted by atomic mass is 35.5. The molecule has 138 valence electrons. The molecule has 3 rings (SSSR count). The summed E-state index contributed by atoms with van der Waals surface area (Å²) in [5.74, 6) is 1.27. The number of nitrogens with one attached hydrogen (secondary N) is 2. The van der Waals surface area contributed by atoms with Gasteiger partial charge in [0, 0.05) is 29.0 Å². The van der Waals surface area contributed by atoms with Crippen LogP contribution >= 0.6 is 11.6 Å². The first-order valence-electron chi connectivity index (χ1n) is 8.54. The third-order valence-corrected chi connectivity index (χ3v) is 4.22. The molecule has 5 nitrogen and oxygen atoms in total.